The van der Waals surface area contributed by atoms with E-state index in [-0.39, 0.29) is 5.91 Å². The highest BCUT2D eigenvalue weighted by Gasteiger charge is 2.30. The summed E-state index contributed by atoms with van der Waals surface area (Å²) in [5, 5.41) is 3.37. The first-order chi connectivity index (χ1) is 9.21. The third-order valence-corrected chi connectivity index (χ3v) is 4.21. The number of rotatable bonds is 4. The number of carbonyl (C=O) groups excluding carboxylic acids is 1. The molecule has 4 nitrogen and oxygen atoms in total. The lowest BCUT2D eigenvalue weighted by atomic mass is 9.89. The van der Waals surface area contributed by atoms with Gasteiger partial charge in [-0.15, -0.1) is 0 Å². The Balaban J connectivity index is 2.08. The van der Waals surface area contributed by atoms with E-state index >= 15 is 0 Å². The maximum Gasteiger partial charge on any atom is 0.257 e. The zero-order chi connectivity index (χ0) is 13.8. The van der Waals surface area contributed by atoms with E-state index in [2.05, 4.69) is 12.2 Å². The number of piperidine rings is 1. The van der Waals surface area contributed by atoms with Gasteiger partial charge in [0.1, 0.15) is 5.76 Å². The highest BCUT2D eigenvalue weighted by molar-refractivity contribution is 5.95. The summed E-state index contributed by atoms with van der Waals surface area (Å²) in [6, 6.07) is 2.33. The molecule has 1 N–H and O–H groups in total. The van der Waals surface area contributed by atoms with E-state index in [1.807, 2.05) is 18.9 Å². The second-order valence-corrected chi connectivity index (χ2v) is 5.21. The Kier molecular flexibility index (Phi) is 4.64. The van der Waals surface area contributed by atoms with Gasteiger partial charge in [-0.05, 0) is 25.5 Å². The van der Waals surface area contributed by atoms with Gasteiger partial charge in [-0.1, -0.05) is 20.3 Å². The Morgan fingerprint density at radius 3 is 2.95 bits per heavy atom. The molecular formula is C15H24N2O2. The summed E-state index contributed by atoms with van der Waals surface area (Å²) in [5.74, 6) is 1.46. The van der Waals surface area contributed by atoms with E-state index in [0.29, 0.717) is 12.0 Å². The molecule has 0 bridgehead atoms. The average molecular weight is 264 g/mol. The molecule has 1 aliphatic heterocycles. The number of furan rings is 1. The van der Waals surface area contributed by atoms with Gasteiger partial charge < -0.3 is 14.6 Å². The second-order valence-electron chi connectivity index (χ2n) is 5.21. The Bertz CT molecular complexity index is 428. The third-order valence-electron chi connectivity index (χ3n) is 4.21. The number of nitrogens with zero attached hydrogens (tertiary/aromatic N) is 1. The Morgan fingerprint density at radius 1 is 1.53 bits per heavy atom. The fourth-order valence-corrected chi connectivity index (χ4v) is 2.99. The fourth-order valence-electron chi connectivity index (χ4n) is 2.99. The molecule has 2 unspecified atom stereocenters. The number of nitrogens with one attached hydrogen (secondary N) is 1. The molecule has 1 aromatic heterocycles. The zero-order valence-corrected chi connectivity index (χ0v) is 12.1. The molecule has 0 radical (unpaired) electrons. The van der Waals surface area contributed by atoms with Crippen LogP contribution in [-0.2, 0) is 6.42 Å². The number of hydrogen-bond acceptors (Lipinski definition) is 3. The quantitative estimate of drug-likeness (QED) is 0.907. The molecule has 2 rings (SSSR count). The van der Waals surface area contributed by atoms with E-state index in [1.165, 1.54) is 0 Å². The monoisotopic (exact) mass is 264 g/mol. The minimum atomic E-state index is 0.124. The van der Waals surface area contributed by atoms with Crippen LogP contribution in [0.2, 0.25) is 0 Å². The van der Waals surface area contributed by atoms with Crippen LogP contribution < -0.4 is 5.32 Å². The van der Waals surface area contributed by atoms with Gasteiger partial charge in [0.05, 0.1) is 11.8 Å². The van der Waals surface area contributed by atoms with Gasteiger partial charge in [-0.3, -0.25) is 4.79 Å². The van der Waals surface area contributed by atoms with E-state index in [0.717, 1.165) is 43.7 Å². The zero-order valence-electron chi connectivity index (χ0n) is 12.1. The molecule has 19 heavy (non-hydrogen) atoms. The summed E-state index contributed by atoms with van der Waals surface area (Å²) < 4.78 is 5.36. The third kappa shape index (κ3) is 2.84. The molecule has 1 aromatic rings. The van der Waals surface area contributed by atoms with Crippen LogP contribution in [0.4, 0.5) is 0 Å². The van der Waals surface area contributed by atoms with Crippen molar-refractivity contribution in [3.63, 3.8) is 0 Å². The number of aryl methyl sites for hydroxylation is 1. The maximum atomic E-state index is 12.5. The molecule has 0 aliphatic carbocycles. The van der Waals surface area contributed by atoms with Gasteiger partial charge in [-0.25, -0.2) is 0 Å². The Morgan fingerprint density at radius 2 is 2.32 bits per heavy atom. The predicted molar refractivity (Wildman–Crippen MR) is 75.2 cm³/mol. The van der Waals surface area contributed by atoms with Gasteiger partial charge in [0, 0.05) is 25.6 Å². The highest BCUT2D eigenvalue weighted by atomic mass is 16.3. The van der Waals surface area contributed by atoms with Crippen LogP contribution in [0.5, 0.6) is 0 Å². The van der Waals surface area contributed by atoms with E-state index in [1.54, 1.807) is 12.3 Å². The number of carbonyl (C=O) groups is 1. The lowest BCUT2D eigenvalue weighted by Crippen LogP contribution is -2.50. The molecule has 2 heterocycles. The first-order valence-electron chi connectivity index (χ1n) is 7.24. The summed E-state index contributed by atoms with van der Waals surface area (Å²) in [6.07, 6.45) is 4.50. The van der Waals surface area contributed by atoms with Gasteiger partial charge in [0.25, 0.3) is 5.91 Å². The van der Waals surface area contributed by atoms with Crippen molar-refractivity contribution in [3.05, 3.63) is 23.7 Å². The van der Waals surface area contributed by atoms with Crippen LogP contribution in [0.15, 0.2) is 16.7 Å². The summed E-state index contributed by atoms with van der Waals surface area (Å²) >= 11 is 0. The molecule has 1 saturated heterocycles. The minimum absolute atomic E-state index is 0.124. The summed E-state index contributed by atoms with van der Waals surface area (Å²) in [4.78, 5) is 14.5. The van der Waals surface area contributed by atoms with Crippen molar-refractivity contribution in [3.8, 4) is 0 Å². The molecule has 4 heteroatoms. The van der Waals surface area contributed by atoms with Crippen molar-refractivity contribution in [2.75, 3.05) is 20.1 Å². The molecule has 0 saturated carbocycles. The molecule has 0 aromatic carbocycles. The van der Waals surface area contributed by atoms with Crippen molar-refractivity contribution in [2.24, 2.45) is 5.92 Å². The Hall–Kier alpha value is -1.29. The summed E-state index contributed by atoms with van der Waals surface area (Å²) in [6.45, 7) is 5.88. The molecule has 1 aliphatic rings. The normalized spacial score (nSPS) is 23.6. The number of likely N-dealkylation sites (tertiary alicyclic amines) is 1. The predicted octanol–water partition coefficient (Wildman–Crippen LogP) is 2.30. The maximum absolute atomic E-state index is 12.5. The Labute approximate surface area is 115 Å². The van der Waals surface area contributed by atoms with Crippen LogP contribution >= 0.6 is 0 Å². The molecule has 1 fully saturated rings. The van der Waals surface area contributed by atoms with Crippen LogP contribution in [0, 0.1) is 5.92 Å². The van der Waals surface area contributed by atoms with E-state index in [9.17, 15) is 4.79 Å². The van der Waals surface area contributed by atoms with Gasteiger partial charge in [0.2, 0.25) is 0 Å². The lowest BCUT2D eigenvalue weighted by Gasteiger charge is -2.38. The van der Waals surface area contributed by atoms with Crippen LogP contribution in [0.25, 0.3) is 0 Å². The van der Waals surface area contributed by atoms with Crippen molar-refractivity contribution in [1.82, 2.24) is 10.2 Å². The van der Waals surface area contributed by atoms with Crippen molar-refractivity contribution in [2.45, 2.75) is 39.2 Å². The van der Waals surface area contributed by atoms with Crippen LogP contribution in [0.1, 0.15) is 42.8 Å². The number of amides is 1. The van der Waals surface area contributed by atoms with Gasteiger partial charge in [0.15, 0.2) is 0 Å². The van der Waals surface area contributed by atoms with Gasteiger partial charge >= 0.3 is 0 Å². The topological polar surface area (TPSA) is 45.5 Å². The first-order valence-corrected chi connectivity index (χ1v) is 7.24. The van der Waals surface area contributed by atoms with Crippen molar-refractivity contribution in [1.29, 1.82) is 0 Å². The summed E-state index contributed by atoms with van der Waals surface area (Å²) in [7, 11) is 2.01. The SMILES string of the molecule is CCc1occc1C(=O)N1CCC(NC)C(CC)C1. The number of hydrogen-bond donors (Lipinski definition) is 1. The van der Waals surface area contributed by atoms with Crippen molar-refractivity contribution >= 4 is 5.91 Å². The molecule has 2 atom stereocenters. The first kappa shape index (κ1) is 14.1. The molecule has 0 spiro atoms. The lowest BCUT2D eigenvalue weighted by molar-refractivity contribution is 0.0629. The van der Waals surface area contributed by atoms with E-state index < -0.39 is 0 Å². The van der Waals surface area contributed by atoms with Crippen molar-refractivity contribution < 1.29 is 9.21 Å². The van der Waals surface area contributed by atoms with Crippen LogP contribution in [0.3, 0.4) is 0 Å². The largest absolute Gasteiger partial charge is 0.469 e. The summed E-state index contributed by atoms with van der Waals surface area (Å²) in [5.41, 5.74) is 0.736. The van der Waals surface area contributed by atoms with Gasteiger partial charge in [-0.2, -0.15) is 0 Å². The minimum Gasteiger partial charge on any atom is -0.469 e. The standard InChI is InChI=1S/C15H24N2O2/c1-4-11-10-17(8-6-13(11)16-3)15(18)12-7-9-19-14(12)5-2/h7,9,11,13,16H,4-6,8,10H2,1-3H3. The fraction of sp³-hybridized carbons (Fsp3) is 0.667. The highest BCUT2D eigenvalue weighted by Crippen LogP contribution is 2.23. The average Bonchev–Trinajstić information content (AvgIpc) is 2.94. The molecule has 1 amide bonds. The molecule has 106 valence electrons. The van der Waals surface area contributed by atoms with E-state index in [4.69, 9.17) is 4.42 Å². The molecular weight excluding hydrogens is 240 g/mol. The second kappa shape index (κ2) is 6.24. The smallest absolute Gasteiger partial charge is 0.257 e. The van der Waals surface area contributed by atoms with Crippen LogP contribution in [-0.4, -0.2) is 37.0 Å².